The van der Waals surface area contributed by atoms with Gasteiger partial charge in [0, 0.05) is 18.0 Å². The lowest BCUT2D eigenvalue weighted by molar-refractivity contribution is 0.102. The quantitative estimate of drug-likeness (QED) is 0.651. The van der Waals surface area contributed by atoms with E-state index in [1.165, 1.54) is 6.20 Å². The van der Waals surface area contributed by atoms with E-state index in [0.29, 0.717) is 22.7 Å². The fraction of sp³-hybridized carbons (Fsp3) is 0.182. The molecule has 2 N–H and O–H groups in total. The number of anilines is 3. The molecule has 0 bridgehead atoms. The van der Waals surface area contributed by atoms with Gasteiger partial charge in [0.15, 0.2) is 0 Å². The summed E-state index contributed by atoms with van der Waals surface area (Å²) in [5.41, 5.74) is 4.71. The predicted molar refractivity (Wildman–Crippen MR) is 111 cm³/mol. The van der Waals surface area contributed by atoms with Gasteiger partial charge in [0.2, 0.25) is 0 Å². The zero-order valence-electron chi connectivity index (χ0n) is 16.4. The molecule has 3 rings (SSSR count). The maximum atomic E-state index is 12.7. The van der Waals surface area contributed by atoms with Crippen molar-refractivity contribution >= 4 is 23.0 Å². The fourth-order valence-electron chi connectivity index (χ4n) is 2.76. The van der Waals surface area contributed by atoms with Gasteiger partial charge in [-0.2, -0.15) is 0 Å². The summed E-state index contributed by atoms with van der Waals surface area (Å²) >= 11 is 0. The lowest BCUT2D eigenvalue weighted by Gasteiger charge is -2.13. The molecule has 0 radical (unpaired) electrons. The van der Waals surface area contributed by atoms with Gasteiger partial charge in [-0.05, 0) is 49.2 Å². The molecule has 2 aromatic carbocycles. The Kier molecular flexibility index (Phi) is 5.79. The van der Waals surface area contributed by atoms with E-state index in [-0.39, 0.29) is 5.91 Å². The molecular weight excluding hydrogens is 354 g/mol. The smallest absolute Gasteiger partial charge is 0.257 e. The summed E-state index contributed by atoms with van der Waals surface area (Å²) in [4.78, 5) is 16.9. The van der Waals surface area contributed by atoms with E-state index in [1.807, 2.05) is 50.2 Å². The van der Waals surface area contributed by atoms with Crippen LogP contribution in [-0.4, -0.2) is 25.1 Å². The Balaban J connectivity index is 1.82. The summed E-state index contributed by atoms with van der Waals surface area (Å²) in [6, 6.07) is 13.1. The molecule has 3 aromatic rings. The third kappa shape index (κ3) is 4.40. The van der Waals surface area contributed by atoms with Crippen LogP contribution in [0.2, 0.25) is 0 Å². The van der Waals surface area contributed by atoms with Gasteiger partial charge in [-0.15, -0.1) is 0 Å². The molecule has 0 aliphatic heterocycles. The predicted octanol–water partition coefficient (Wildman–Crippen LogP) is 4.71. The van der Waals surface area contributed by atoms with Crippen molar-refractivity contribution in [3.05, 3.63) is 71.5 Å². The van der Waals surface area contributed by atoms with Crippen LogP contribution in [0, 0.1) is 13.8 Å². The molecule has 0 aliphatic carbocycles. The molecule has 0 aliphatic rings. The average Bonchev–Trinajstić information content (AvgIpc) is 2.70. The Morgan fingerprint density at radius 1 is 0.929 bits per heavy atom. The Bertz CT molecular complexity index is 1000. The van der Waals surface area contributed by atoms with Crippen LogP contribution in [-0.2, 0) is 0 Å². The van der Waals surface area contributed by atoms with Crippen LogP contribution in [0.25, 0.3) is 0 Å². The van der Waals surface area contributed by atoms with Gasteiger partial charge in [0.05, 0.1) is 37.4 Å². The first-order valence-electron chi connectivity index (χ1n) is 8.83. The molecule has 0 atom stereocenters. The molecule has 144 valence electrons. The van der Waals surface area contributed by atoms with E-state index in [4.69, 9.17) is 9.47 Å². The highest BCUT2D eigenvalue weighted by Crippen LogP contribution is 2.31. The third-order valence-electron chi connectivity index (χ3n) is 4.33. The summed E-state index contributed by atoms with van der Waals surface area (Å²) in [6.07, 6.45) is 3.18. The zero-order valence-corrected chi connectivity index (χ0v) is 16.4. The Hall–Kier alpha value is -3.54. The molecule has 0 saturated heterocycles. The fourth-order valence-corrected chi connectivity index (χ4v) is 2.76. The summed E-state index contributed by atoms with van der Waals surface area (Å²) in [5.74, 6) is 1.13. The van der Waals surface area contributed by atoms with Crippen LogP contribution in [0.5, 0.6) is 11.5 Å². The highest BCUT2D eigenvalue weighted by molar-refractivity contribution is 6.05. The summed E-state index contributed by atoms with van der Waals surface area (Å²) in [6.45, 7) is 3.95. The van der Waals surface area contributed by atoms with E-state index in [2.05, 4.69) is 15.6 Å². The highest BCUT2D eigenvalue weighted by atomic mass is 16.5. The maximum absolute atomic E-state index is 12.7. The number of nitrogens with zero attached hydrogens (tertiary/aromatic N) is 1. The first kappa shape index (κ1) is 19.2. The Labute approximate surface area is 164 Å². The largest absolute Gasteiger partial charge is 0.497 e. The van der Waals surface area contributed by atoms with Gasteiger partial charge in [-0.1, -0.05) is 12.1 Å². The summed E-state index contributed by atoms with van der Waals surface area (Å²) in [7, 11) is 3.20. The summed E-state index contributed by atoms with van der Waals surface area (Å²) in [5, 5.41) is 6.18. The number of amides is 1. The zero-order chi connectivity index (χ0) is 20.1. The van der Waals surface area contributed by atoms with Crippen molar-refractivity contribution in [1.82, 2.24) is 4.98 Å². The first-order valence-corrected chi connectivity index (χ1v) is 8.83. The van der Waals surface area contributed by atoms with Crippen molar-refractivity contribution in [1.29, 1.82) is 0 Å². The molecule has 0 unspecified atom stereocenters. The molecule has 28 heavy (non-hydrogen) atoms. The minimum absolute atomic E-state index is 0.220. The van der Waals surface area contributed by atoms with Gasteiger partial charge >= 0.3 is 0 Å². The normalized spacial score (nSPS) is 10.3. The van der Waals surface area contributed by atoms with Crippen molar-refractivity contribution in [2.24, 2.45) is 0 Å². The number of nitrogens with one attached hydrogen (secondary N) is 2. The highest BCUT2D eigenvalue weighted by Gasteiger charge is 2.11. The van der Waals surface area contributed by atoms with Crippen molar-refractivity contribution in [2.45, 2.75) is 13.8 Å². The molecule has 1 aromatic heterocycles. The number of ether oxygens (including phenoxy) is 2. The second-order valence-corrected chi connectivity index (χ2v) is 6.43. The van der Waals surface area contributed by atoms with Gasteiger partial charge in [-0.25, -0.2) is 0 Å². The van der Waals surface area contributed by atoms with Crippen LogP contribution in [0.15, 0.2) is 54.9 Å². The number of aromatic nitrogens is 1. The Morgan fingerprint density at radius 3 is 2.50 bits per heavy atom. The van der Waals surface area contributed by atoms with Crippen molar-refractivity contribution in [3.63, 3.8) is 0 Å². The number of pyridine rings is 1. The number of hydrogen-bond acceptors (Lipinski definition) is 5. The van der Waals surface area contributed by atoms with E-state index in [1.54, 1.807) is 26.5 Å². The van der Waals surface area contributed by atoms with Crippen molar-refractivity contribution < 1.29 is 14.3 Å². The molecule has 1 amide bonds. The second kappa shape index (κ2) is 8.43. The molecule has 0 spiro atoms. The Morgan fingerprint density at radius 2 is 1.75 bits per heavy atom. The second-order valence-electron chi connectivity index (χ2n) is 6.43. The molecule has 0 fully saturated rings. The number of rotatable bonds is 6. The lowest BCUT2D eigenvalue weighted by Crippen LogP contribution is -2.13. The minimum Gasteiger partial charge on any atom is -0.497 e. The number of methoxy groups -OCH3 is 2. The van der Waals surface area contributed by atoms with Gasteiger partial charge in [0.1, 0.15) is 11.5 Å². The molecular formula is C22H23N3O3. The molecule has 6 nitrogen and oxygen atoms in total. The van der Waals surface area contributed by atoms with Crippen LogP contribution in [0.3, 0.4) is 0 Å². The van der Waals surface area contributed by atoms with Crippen LogP contribution in [0.1, 0.15) is 21.5 Å². The molecule has 0 saturated carbocycles. The monoisotopic (exact) mass is 377 g/mol. The topological polar surface area (TPSA) is 72.5 Å². The number of hydrogen-bond donors (Lipinski definition) is 2. The van der Waals surface area contributed by atoms with Crippen molar-refractivity contribution in [2.75, 3.05) is 24.9 Å². The van der Waals surface area contributed by atoms with E-state index < -0.39 is 0 Å². The summed E-state index contributed by atoms with van der Waals surface area (Å²) < 4.78 is 10.6. The lowest BCUT2D eigenvalue weighted by atomic mass is 10.1. The van der Waals surface area contributed by atoms with Crippen LogP contribution in [0.4, 0.5) is 17.1 Å². The van der Waals surface area contributed by atoms with Crippen LogP contribution >= 0.6 is 0 Å². The number of aryl methyl sites for hydroxylation is 2. The number of benzene rings is 2. The number of carbonyl (C=O) groups is 1. The SMILES string of the molecule is COc1ccc(OC)c(Nc2cncc(C(=O)Nc3cc(C)ccc3C)c2)c1. The van der Waals surface area contributed by atoms with Gasteiger partial charge in [0.25, 0.3) is 5.91 Å². The minimum atomic E-state index is -0.220. The molecule has 6 heteroatoms. The van der Waals surface area contributed by atoms with E-state index >= 15 is 0 Å². The van der Waals surface area contributed by atoms with Crippen molar-refractivity contribution in [3.8, 4) is 11.5 Å². The van der Waals surface area contributed by atoms with E-state index in [0.717, 1.165) is 22.5 Å². The van der Waals surface area contributed by atoms with Gasteiger partial charge in [-0.3, -0.25) is 9.78 Å². The van der Waals surface area contributed by atoms with Gasteiger partial charge < -0.3 is 20.1 Å². The average molecular weight is 377 g/mol. The standard InChI is InChI=1S/C22H23N3O3/c1-14-5-6-15(2)19(9-14)25-22(26)16-10-17(13-23-12-16)24-20-11-18(27-3)7-8-21(20)28-4/h5-13,24H,1-4H3,(H,25,26). The third-order valence-corrected chi connectivity index (χ3v) is 4.33. The molecule has 1 heterocycles. The van der Waals surface area contributed by atoms with Crippen LogP contribution < -0.4 is 20.1 Å². The maximum Gasteiger partial charge on any atom is 0.257 e. The first-order chi connectivity index (χ1) is 13.5. The van der Waals surface area contributed by atoms with E-state index in [9.17, 15) is 4.79 Å². The number of carbonyl (C=O) groups excluding carboxylic acids is 1.